The Morgan fingerprint density at radius 1 is 1.18 bits per heavy atom. The zero-order valence-electron chi connectivity index (χ0n) is 9.61. The predicted molar refractivity (Wildman–Crippen MR) is 68.6 cm³/mol. The number of nitrogens with one attached hydrogen (secondary N) is 1. The minimum Gasteiger partial charge on any atom is -0.349 e. The van der Waals surface area contributed by atoms with Gasteiger partial charge in [-0.1, -0.05) is 0 Å². The summed E-state index contributed by atoms with van der Waals surface area (Å²) in [5.74, 6) is 0.535. The van der Waals surface area contributed by atoms with Gasteiger partial charge in [0.15, 0.2) is 0 Å². The van der Waals surface area contributed by atoms with Crippen LogP contribution in [0.2, 0.25) is 0 Å². The van der Waals surface area contributed by atoms with Crippen molar-refractivity contribution in [2.75, 3.05) is 5.32 Å². The largest absolute Gasteiger partial charge is 0.349 e. The van der Waals surface area contributed by atoms with Crippen LogP contribution >= 0.6 is 15.9 Å². The number of hydrogen-bond acceptors (Lipinski definition) is 5. The van der Waals surface area contributed by atoms with Crippen molar-refractivity contribution in [3.8, 4) is 0 Å². The van der Waals surface area contributed by atoms with E-state index < -0.39 is 0 Å². The van der Waals surface area contributed by atoms with E-state index in [-0.39, 0.29) is 0 Å². The lowest BCUT2D eigenvalue weighted by Gasteiger charge is -2.05. The van der Waals surface area contributed by atoms with E-state index in [9.17, 15) is 0 Å². The highest BCUT2D eigenvalue weighted by Crippen LogP contribution is 2.10. The molecule has 17 heavy (non-hydrogen) atoms. The van der Waals surface area contributed by atoms with E-state index in [1.165, 1.54) is 0 Å². The molecule has 0 saturated heterocycles. The molecular weight excluding hydrogens is 282 g/mol. The molecule has 0 radical (unpaired) electrons. The molecule has 2 heterocycles. The van der Waals surface area contributed by atoms with Gasteiger partial charge in [0.1, 0.15) is 0 Å². The van der Waals surface area contributed by atoms with Gasteiger partial charge < -0.3 is 5.32 Å². The lowest BCUT2D eigenvalue weighted by molar-refractivity contribution is 0.884. The molecule has 0 bridgehead atoms. The molecule has 0 saturated carbocycles. The third kappa shape index (κ3) is 3.20. The molecule has 5 nitrogen and oxygen atoms in total. The second-order valence-corrected chi connectivity index (χ2v) is 4.59. The van der Waals surface area contributed by atoms with Gasteiger partial charge in [0, 0.05) is 23.4 Å². The molecule has 0 spiro atoms. The monoisotopic (exact) mass is 293 g/mol. The summed E-state index contributed by atoms with van der Waals surface area (Å²) < 4.78 is 0.955. The molecular formula is C11H12BrN5. The van der Waals surface area contributed by atoms with Gasteiger partial charge in [-0.3, -0.25) is 4.98 Å². The Kier molecular flexibility index (Phi) is 3.63. The molecule has 0 fully saturated rings. The van der Waals surface area contributed by atoms with Crippen molar-refractivity contribution < 1.29 is 0 Å². The lowest BCUT2D eigenvalue weighted by Crippen LogP contribution is -2.07. The summed E-state index contributed by atoms with van der Waals surface area (Å²) >= 11 is 3.38. The average molecular weight is 294 g/mol. The number of hydrogen-bond donors (Lipinski definition) is 1. The van der Waals surface area contributed by atoms with Crippen LogP contribution in [0.1, 0.15) is 17.0 Å². The van der Waals surface area contributed by atoms with Crippen molar-refractivity contribution in [2.24, 2.45) is 0 Å². The summed E-state index contributed by atoms with van der Waals surface area (Å²) in [6.45, 7) is 4.42. The van der Waals surface area contributed by atoms with Gasteiger partial charge >= 0.3 is 0 Å². The standard InChI is InChI=1S/C11H12BrN5/c1-7-8(2)16-17-11(15-7)14-5-9-3-10(12)6-13-4-9/h3-4,6H,5H2,1-2H3,(H,14,15,17). The third-order valence-corrected chi connectivity index (χ3v) is 2.74. The van der Waals surface area contributed by atoms with E-state index in [4.69, 9.17) is 0 Å². The minimum absolute atomic E-state index is 0.535. The number of pyridine rings is 1. The van der Waals surface area contributed by atoms with Gasteiger partial charge in [-0.15, -0.1) is 5.10 Å². The molecule has 2 rings (SSSR count). The van der Waals surface area contributed by atoms with Crippen LogP contribution in [0, 0.1) is 13.8 Å². The highest BCUT2D eigenvalue weighted by molar-refractivity contribution is 9.10. The van der Waals surface area contributed by atoms with E-state index >= 15 is 0 Å². The Morgan fingerprint density at radius 2 is 2.00 bits per heavy atom. The topological polar surface area (TPSA) is 63.6 Å². The van der Waals surface area contributed by atoms with Gasteiger partial charge in [-0.25, -0.2) is 4.98 Å². The fourth-order valence-electron chi connectivity index (χ4n) is 1.27. The number of aromatic nitrogens is 4. The predicted octanol–water partition coefficient (Wildman–Crippen LogP) is 2.26. The second kappa shape index (κ2) is 5.18. The fraction of sp³-hybridized carbons (Fsp3) is 0.273. The summed E-state index contributed by atoms with van der Waals surface area (Å²) in [6.07, 6.45) is 3.55. The number of rotatable bonds is 3. The Bertz CT molecular complexity index is 529. The maximum Gasteiger partial charge on any atom is 0.243 e. The summed E-state index contributed by atoms with van der Waals surface area (Å²) in [5, 5.41) is 11.1. The Morgan fingerprint density at radius 3 is 2.71 bits per heavy atom. The lowest BCUT2D eigenvalue weighted by atomic mass is 10.3. The van der Waals surface area contributed by atoms with Gasteiger partial charge in [0.2, 0.25) is 5.95 Å². The summed E-state index contributed by atoms with van der Waals surface area (Å²) in [5.41, 5.74) is 2.79. The molecule has 0 atom stereocenters. The van der Waals surface area contributed by atoms with E-state index in [1.54, 1.807) is 12.4 Å². The van der Waals surface area contributed by atoms with Gasteiger partial charge in [0.25, 0.3) is 0 Å². The Hall–Kier alpha value is -1.56. The summed E-state index contributed by atoms with van der Waals surface area (Å²) in [6, 6.07) is 1.99. The van der Waals surface area contributed by atoms with Crippen LogP contribution in [0.3, 0.4) is 0 Å². The normalized spacial score (nSPS) is 10.3. The molecule has 2 aromatic heterocycles. The van der Waals surface area contributed by atoms with Crippen LogP contribution in [0.15, 0.2) is 22.9 Å². The highest BCUT2D eigenvalue weighted by Gasteiger charge is 2.01. The van der Waals surface area contributed by atoms with Gasteiger partial charge in [-0.2, -0.15) is 5.10 Å². The quantitative estimate of drug-likeness (QED) is 0.940. The first kappa shape index (κ1) is 11.9. The number of aryl methyl sites for hydroxylation is 2. The molecule has 0 aliphatic rings. The first-order valence-corrected chi connectivity index (χ1v) is 5.95. The summed E-state index contributed by atoms with van der Waals surface area (Å²) in [7, 11) is 0. The van der Waals surface area contributed by atoms with Crippen LogP contribution in [-0.4, -0.2) is 20.2 Å². The minimum atomic E-state index is 0.535. The van der Waals surface area contributed by atoms with Crippen LogP contribution in [-0.2, 0) is 6.54 Å². The first-order chi connectivity index (χ1) is 8.15. The molecule has 88 valence electrons. The van der Waals surface area contributed by atoms with E-state index in [2.05, 4.69) is 41.4 Å². The number of anilines is 1. The molecule has 0 aliphatic carbocycles. The molecule has 1 N–H and O–H groups in total. The summed E-state index contributed by atoms with van der Waals surface area (Å²) in [4.78, 5) is 8.38. The molecule has 2 aromatic rings. The molecule has 6 heteroatoms. The van der Waals surface area contributed by atoms with E-state index in [0.717, 1.165) is 21.4 Å². The van der Waals surface area contributed by atoms with Crippen molar-refractivity contribution >= 4 is 21.9 Å². The fourth-order valence-corrected chi connectivity index (χ4v) is 1.68. The van der Waals surface area contributed by atoms with Gasteiger partial charge in [0.05, 0.1) is 11.4 Å². The second-order valence-electron chi connectivity index (χ2n) is 3.67. The van der Waals surface area contributed by atoms with Crippen LogP contribution < -0.4 is 5.32 Å². The number of nitrogens with zero attached hydrogens (tertiary/aromatic N) is 4. The SMILES string of the molecule is Cc1nnc(NCc2cncc(Br)c2)nc1C. The van der Waals surface area contributed by atoms with Crippen LogP contribution in [0.5, 0.6) is 0 Å². The molecule has 0 amide bonds. The smallest absolute Gasteiger partial charge is 0.243 e. The maximum atomic E-state index is 4.29. The van der Waals surface area contributed by atoms with Crippen molar-refractivity contribution in [1.29, 1.82) is 0 Å². The van der Waals surface area contributed by atoms with Crippen LogP contribution in [0.4, 0.5) is 5.95 Å². The van der Waals surface area contributed by atoms with E-state index in [1.807, 2.05) is 19.9 Å². The zero-order chi connectivity index (χ0) is 12.3. The van der Waals surface area contributed by atoms with E-state index in [0.29, 0.717) is 12.5 Å². The Labute approximate surface area is 108 Å². The first-order valence-electron chi connectivity index (χ1n) is 5.16. The molecule has 0 aliphatic heterocycles. The Balaban J connectivity index is 2.05. The number of halogens is 1. The van der Waals surface area contributed by atoms with Crippen molar-refractivity contribution in [1.82, 2.24) is 20.2 Å². The van der Waals surface area contributed by atoms with Crippen molar-refractivity contribution in [3.05, 3.63) is 39.9 Å². The van der Waals surface area contributed by atoms with Crippen molar-refractivity contribution in [3.63, 3.8) is 0 Å². The molecule has 0 aromatic carbocycles. The zero-order valence-corrected chi connectivity index (χ0v) is 11.2. The average Bonchev–Trinajstić information content (AvgIpc) is 2.31. The molecule has 0 unspecified atom stereocenters. The third-order valence-electron chi connectivity index (χ3n) is 2.30. The highest BCUT2D eigenvalue weighted by atomic mass is 79.9. The van der Waals surface area contributed by atoms with Gasteiger partial charge in [-0.05, 0) is 41.4 Å². The van der Waals surface area contributed by atoms with Crippen LogP contribution in [0.25, 0.3) is 0 Å². The van der Waals surface area contributed by atoms with Crippen molar-refractivity contribution in [2.45, 2.75) is 20.4 Å². The maximum absolute atomic E-state index is 4.29.